The fourth-order valence-corrected chi connectivity index (χ4v) is 3.87. The average Bonchev–Trinajstić information content (AvgIpc) is 3.10. The molecule has 0 bridgehead atoms. The number of hydrogen-bond donors (Lipinski definition) is 1. The molecule has 0 aliphatic rings. The molecule has 0 saturated heterocycles. The van der Waals surface area contributed by atoms with Crippen molar-refractivity contribution in [3.05, 3.63) is 66.4 Å². The largest absolute Gasteiger partial charge is 0.280 e. The van der Waals surface area contributed by atoms with Gasteiger partial charge in [-0.05, 0) is 38.0 Å². The van der Waals surface area contributed by atoms with Crippen LogP contribution in [0.1, 0.15) is 32.4 Å². The lowest BCUT2D eigenvalue weighted by atomic mass is 10.2. The zero-order valence-corrected chi connectivity index (χ0v) is 16.0. The maximum absolute atomic E-state index is 13.0. The molecule has 1 aromatic heterocycles. The van der Waals surface area contributed by atoms with Gasteiger partial charge in [-0.1, -0.05) is 49.4 Å². The molecule has 5 nitrogen and oxygen atoms in total. The number of rotatable bonds is 6. The topological polar surface area (TPSA) is 64.0 Å². The number of aryl methyl sites for hydroxylation is 1. The lowest BCUT2D eigenvalue weighted by molar-refractivity contribution is 0.532. The normalized spacial score (nSPS) is 11.7. The third-order valence-electron chi connectivity index (χ3n) is 4.18. The van der Waals surface area contributed by atoms with Crippen molar-refractivity contribution in [3.8, 4) is 11.3 Å². The highest BCUT2D eigenvalue weighted by Gasteiger charge is 2.24. The van der Waals surface area contributed by atoms with Crippen LogP contribution in [0, 0.1) is 0 Å². The fraction of sp³-hybridized carbons (Fsp3) is 0.250. The summed E-state index contributed by atoms with van der Waals surface area (Å²) in [5.41, 5.74) is 2.93. The number of sulfonamides is 1. The summed E-state index contributed by atoms with van der Waals surface area (Å²) in [5.74, 6) is 0. The molecule has 0 saturated carbocycles. The molecule has 6 heteroatoms. The number of nitrogens with zero attached hydrogens (tertiary/aromatic N) is 2. The molecule has 1 heterocycles. The van der Waals surface area contributed by atoms with Crippen LogP contribution in [-0.2, 0) is 16.4 Å². The van der Waals surface area contributed by atoms with Gasteiger partial charge in [0, 0.05) is 23.5 Å². The van der Waals surface area contributed by atoms with Crippen LogP contribution in [0.2, 0.25) is 0 Å². The maximum atomic E-state index is 13.0. The average molecular weight is 369 g/mol. The molecule has 0 aliphatic carbocycles. The van der Waals surface area contributed by atoms with Crippen LogP contribution in [0.15, 0.2) is 65.7 Å². The molecular formula is C20H23N3O2S. The summed E-state index contributed by atoms with van der Waals surface area (Å²) in [5, 5.41) is 4.51. The highest BCUT2D eigenvalue weighted by Crippen LogP contribution is 2.28. The van der Waals surface area contributed by atoms with Crippen molar-refractivity contribution in [1.82, 2.24) is 9.78 Å². The van der Waals surface area contributed by atoms with Crippen molar-refractivity contribution in [2.45, 2.75) is 38.1 Å². The first-order valence-corrected chi connectivity index (χ1v) is 10.2. The van der Waals surface area contributed by atoms with Gasteiger partial charge in [0.05, 0.1) is 0 Å². The summed E-state index contributed by atoms with van der Waals surface area (Å²) in [6.07, 6.45) is 2.50. The van der Waals surface area contributed by atoms with E-state index >= 15 is 0 Å². The molecule has 0 atom stereocenters. The van der Waals surface area contributed by atoms with Crippen molar-refractivity contribution in [2.24, 2.45) is 0 Å². The Hall–Kier alpha value is -2.60. The Morgan fingerprint density at radius 2 is 1.69 bits per heavy atom. The summed E-state index contributed by atoms with van der Waals surface area (Å²) in [4.78, 5) is 0.178. The molecule has 2 aromatic carbocycles. The first kappa shape index (κ1) is 18.2. The number of hydrogen-bond acceptors (Lipinski definition) is 3. The van der Waals surface area contributed by atoms with Gasteiger partial charge in [0.25, 0.3) is 10.0 Å². The summed E-state index contributed by atoms with van der Waals surface area (Å²) in [6.45, 7) is 6.00. The SMILES string of the molecule is CCc1ccc(NS(=O)(=O)c2cn(C(C)C)nc2-c2ccccc2)cc1. The maximum Gasteiger partial charge on any atom is 0.265 e. The van der Waals surface area contributed by atoms with E-state index in [1.807, 2.05) is 56.3 Å². The van der Waals surface area contributed by atoms with Crippen LogP contribution in [0.5, 0.6) is 0 Å². The molecule has 0 aliphatic heterocycles. The van der Waals surface area contributed by atoms with Crippen molar-refractivity contribution < 1.29 is 8.42 Å². The number of anilines is 1. The van der Waals surface area contributed by atoms with Crippen molar-refractivity contribution in [2.75, 3.05) is 4.72 Å². The Labute approximate surface area is 154 Å². The standard InChI is InChI=1S/C20H23N3O2S/c1-4-16-10-12-18(13-11-16)22-26(24,25)19-14-23(15(2)3)21-20(19)17-8-6-5-7-9-17/h5-15,22H,4H2,1-3H3. The summed E-state index contributed by atoms with van der Waals surface area (Å²) in [6, 6.07) is 16.8. The van der Waals surface area contributed by atoms with Crippen LogP contribution < -0.4 is 4.72 Å². The van der Waals surface area contributed by atoms with Gasteiger partial charge in [0.1, 0.15) is 10.6 Å². The second-order valence-electron chi connectivity index (χ2n) is 6.44. The van der Waals surface area contributed by atoms with Gasteiger partial charge < -0.3 is 0 Å². The van der Waals surface area contributed by atoms with E-state index in [9.17, 15) is 8.42 Å². The van der Waals surface area contributed by atoms with E-state index in [0.717, 1.165) is 17.5 Å². The number of aromatic nitrogens is 2. The second kappa shape index (κ2) is 7.33. The Balaban J connectivity index is 2.03. The molecule has 0 spiro atoms. The van der Waals surface area contributed by atoms with Crippen molar-refractivity contribution in [1.29, 1.82) is 0 Å². The Morgan fingerprint density at radius 1 is 1.04 bits per heavy atom. The van der Waals surface area contributed by atoms with Gasteiger partial charge >= 0.3 is 0 Å². The molecule has 0 radical (unpaired) electrons. The minimum Gasteiger partial charge on any atom is -0.280 e. The van der Waals surface area contributed by atoms with Gasteiger partial charge in [0.2, 0.25) is 0 Å². The zero-order valence-electron chi connectivity index (χ0n) is 15.2. The molecule has 3 rings (SSSR count). The van der Waals surface area contributed by atoms with E-state index in [-0.39, 0.29) is 10.9 Å². The zero-order chi connectivity index (χ0) is 18.7. The smallest absolute Gasteiger partial charge is 0.265 e. The third-order valence-corrected chi connectivity index (χ3v) is 5.56. The van der Waals surface area contributed by atoms with E-state index in [2.05, 4.69) is 16.7 Å². The molecule has 0 fully saturated rings. The van der Waals surface area contributed by atoms with Crippen LogP contribution >= 0.6 is 0 Å². The van der Waals surface area contributed by atoms with Crippen molar-refractivity contribution in [3.63, 3.8) is 0 Å². The lowest BCUT2D eigenvalue weighted by Crippen LogP contribution is -2.13. The van der Waals surface area contributed by atoms with Gasteiger partial charge in [-0.3, -0.25) is 9.40 Å². The van der Waals surface area contributed by atoms with Gasteiger partial charge in [-0.25, -0.2) is 8.42 Å². The van der Waals surface area contributed by atoms with Crippen LogP contribution in [0.25, 0.3) is 11.3 Å². The predicted octanol–water partition coefficient (Wildman–Crippen LogP) is 4.49. The summed E-state index contributed by atoms with van der Waals surface area (Å²) < 4.78 is 30.4. The molecule has 0 amide bonds. The van der Waals surface area contributed by atoms with E-state index < -0.39 is 10.0 Å². The Bertz CT molecular complexity index is 976. The minimum absolute atomic E-state index is 0.0604. The molecule has 1 N–H and O–H groups in total. The van der Waals surface area contributed by atoms with E-state index in [4.69, 9.17) is 0 Å². The van der Waals surface area contributed by atoms with Gasteiger partial charge in [-0.2, -0.15) is 5.10 Å². The van der Waals surface area contributed by atoms with Gasteiger partial charge in [0.15, 0.2) is 0 Å². The first-order valence-electron chi connectivity index (χ1n) is 8.67. The molecule has 0 unspecified atom stereocenters. The van der Waals surface area contributed by atoms with Crippen molar-refractivity contribution >= 4 is 15.7 Å². The molecule has 3 aromatic rings. The van der Waals surface area contributed by atoms with E-state index in [1.54, 1.807) is 23.0 Å². The lowest BCUT2D eigenvalue weighted by Gasteiger charge is -2.09. The summed E-state index contributed by atoms with van der Waals surface area (Å²) >= 11 is 0. The monoisotopic (exact) mass is 369 g/mol. The van der Waals surface area contributed by atoms with Gasteiger partial charge in [-0.15, -0.1) is 0 Å². The molecule has 26 heavy (non-hydrogen) atoms. The fourth-order valence-electron chi connectivity index (χ4n) is 2.65. The van der Waals surface area contributed by atoms with Crippen LogP contribution in [-0.4, -0.2) is 18.2 Å². The van der Waals surface area contributed by atoms with Crippen LogP contribution in [0.3, 0.4) is 0 Å². The highest BCUT2D eigenvalue weighted by atomic mass is 32.2. The quantitative estimate of drug-likeness (QED) is 0.696. The highest BCUT2D eigenvalue weighted by molar-refractivity contribution is 7.92. The van der Waals surface area contributed by atoms with E-state index in [1.165, 1.54) is 0 Å². The number of benzene rings is 2. The second-order valence-corrected chi connectivity index (χ2v) is 8.09. The first-order chi connectivity index (χ1) is 12.4. The third kappa shape index (κ3) is 3.80. The van der Waals surface area contributed by atoms with E-state index in [0.29, 0.717) is 11.4 Å². The van der Waals surface area contributed by atoms with Crippen LogP contribution in [0.4, 0.5) is 5.69 Å². The molecule has 136 valence electrons. The number of nitrogens with one attached hydrogen (secondary N) is 1. The minimum atomic E-state index is -3.76. The Kier molecular flexibility index (Phi) is 5.13. The molecular weight excluding hydrogens is 346 g/mol. The summed E-state index contributed by atoms with van der Waals surface area (Å²) in [7, 11) is -3.76. The Morgan fingerprint density at radius 3 is 2.27 bits per heavy atom. The predicted molar refractivity (Wildman–Crippen MR) is 105 cm³/mol.